The molecule has 0 unspecified atom stereocenters. The predicted molar refractivity (Wildman–Crippen MR) is 155 cm³/mol. The van der Waals surface area contributed by atoms with Gasteiger partial charge in [0.15, 0.2) is 17.3 Å². The first kappa shape index (κ1) is 30.2. The van der Waals surface area contributed by atoms with Crippen molar-refractivity contribution in [3.05, 3.63) is 53.3 Å². The van der Waals surface area contributed by atoms with Crippen LogP contribution in [0.15, 0.2) is 41.4 Å². The number of hydrogen-bond donors (Lipinski definition) is 4. The summed E-state index contributed by atoms with van der Waals surface area (Å²) in [6, 6.07) is 10.5. The zero-order valence-corrected chi connectivity index (χ0v) is 23.7. The fourth-order valence-corrected chi connectivity index (χ4v) is 5.17. The van der Waals surface area contributed by atoms with Crippen molar-refractivity contribution in [2.45, 2.75) is 52.0 Å². The first-order valence-electron chi connectivity index (χ1n) is 13.5. The summed E-state index contributed by atoms with van der Waals surface area (Å²) in [5, 5.41) is 11.2. The number of hydrogen-bond acceptors (Lipinski definition) is 9. The molecule has 12 nitrogen and oxygen atoms in total. The normalized spacial score (nSPS) is 11.7. The van der Waals surface area contributed by atoms with Gasteiger partial charge in [0.25, 0.3) is 0 Å². The average molecular weight is 584 g/mol. The number of ether oxygens (including phenoxy) is 1. The largest absolute Gasteiger partial charge is 0.524 e. The Morgan fingerprint density at radius 1 is 1.10 bits per heavy atom. The smallest absolute Gasteiger partial charge is 0.504 e. The molecule has 5 N–H and O–H groups in total. The van der Waals surface area contributed by atoms with E-state index in [9.17, 15) is 24.3 Å². The molecule has 0 aliphatic carbocycles. The number of phosphoric ester groups is 1. The lowest BCUT2D eigenvalue weighted by Crippen LogP contribution is -2.07. The molecule has 0 bridgehead atoms. The maximum atomic E-state index is 11.6. The highest BCUT2D eigenvalue weighted by Gasteiger charge is 2.24. The van der Waals surface area contributed by atoms with Crippen LogP contribution in [0.4, 0.5) is 5.82 Å². The van der Waals surface area contributed by atoms with Crippen LogP contribution in [0.2, 0.25) is 0 Å². The topological polar surface area (TPSA) is 182 Å². The van der Waals surface area contributed by atoms with Gasteiger partial charge in [-0.1, -0.05) is 37.6 Å². The number of aryl methyl sites for hydroxylation is 2. The Hall–Kier alpha value is -3.79. The molecule has 2 aromatic heterocycles. The Morgan fingerprint density at radius 3 is 2.66 bits per heavy atom. The van der Waals surface area contributed by atoms with Crippen molar-refractivity contribution in [3.8, 4) is 11.5 Å². The number of para-hydroxylation sites is 1. The van der Waals surface area contributed by atoms with E-state index in [0.717, 1.165) is 48.0 Å². The van der Waals surface area contributed by atoms with Gasteiger partial charge in [-0.2, -0.15) is 0 Å². The molecule has 4 aromatic rings. The molecule has 0 aliphatic rings. The van der Waals surface area contributed by atoms with E-state index in [1.54, 1.807) is 12.1 Å². The summed E-state index contributed by atoms with van der Waals surface area (Å²) in [5.41, 5.74) is 9.84. The van der Waals surface area contributed by atoms with Crippen LogP contribution in [0, 0.1) is 0 Å². The lowest BCUT2D eigenvalue weighted by molar-refractivity contribution is 0.131. The number of phenols is 1. The molecule has 0 spiro atoms. The number of phosphoric acid groups is 1. The summed E-state index contributed by atoms with van der Waals surface area (Å²) in [6.45, 7) is 3.73. The number of aromatic hydroxyl groups is 1. The van der Waals surface area contributed by atoms with Crippen LogP contribution in [0.5, 0.6) is 11.5 Å². The Labute approximate surface area is 237 Å². The molecule has 0 saturated carbocycles. The number of nitrogen functional groups attached to an aromatic ring is 1. The number of anilines is 1. The number of nitrogens with two attached hydrogens (primary N) is 1. The molecule has 41 heavy (non-hydrogen) atoms. The van der Waals surface area contributed by atoms with Gasteiger partial charge in [0.2, 0.25) is 6.08 Å². The molecule has 2 heterocycles. The van der Waals surface area contributed by atoms with E-state index in [2.05, 4.69) is 16.9 Å². The van der Waals surface area contributed by atoms with E-state index >= 15 is 0 Å². The van der Waals surface area contributed by atoms with Gasteiger partial charge in [-0.25, -0.2) is 24.3 Å². The van der Waals surface area contributed by atoms with Crippen molar-refractivity contribution in [1.29, 1.82) is 0 Å². The average Bonchev–Trinajstić information content (AvgIpc) is 3.29. The number of aliphatic imine (C=N–C) groups is 1. The Balaban J connectivity index is 1.68. The van der Waals surface area contributed by atoms with Gasteiger partial charge in [0.1, 0.15) is 11.3 Å². The Bertz CT molecular complexity index is 1610. The third kappa shape index (κ3) is 7.70. The zero-order chi connectivity index (χ0) is 29.4. The van der Waals surface area contributed by atoms with E-state index < -0.39 is 7.82 Å². The molecule has 13 heteroatoms. The molecule has 0 fully saturated rings. The minimum atomic E-state index is -4.92. The number of nitrogens with zero attached hydrogens (tertiary/aromatic N) is 4. The van der Waals surface area contributed by atoms with Crippen molar-refractivity contribution >= 4 is 41.7 Å². The fourth-order valence-electron chi connectivity index (χ4n) is 4.72. The second kappa shape index (κ2) is 13.7. The number of fused-ring (bicyclic) bond motifs is 3. The maximum absolute atomic E-state index is 11.6. The van der Waals surface area contributed by atoms with Crippen molar-refractivity contribution in [2.75, 3.05) is 25.5 Å². The van der Waals surface area contributed by atoms with Crippen LogP contribution >= 0.6 is 7.82 Å². The monoisotopic (exact) mass is 583 g/mol. The highest BCUT2D eigenvalue weighted by molar-refractivity contribution is 7.46. The summed E-state index contributed by atoms with van der Waals surface area (Å²) >= 11 is 0. The number of rotatable bonds is 15. The number of aromatic nitrogens is 3. The van der Waals surface area contributed by atoms with Crippen molar-refractivity contribution < 1.29 is 33.5 Å². The minimum absolute atomic E-state index is 0.134. The second-order valence-corrected chi connectivity index (χ2v) is 10.8. The van der Waals surface area contributed by atoms with E-state index in [-0.39, 0.29) is 23.9 Å². The van der Waals surface area contributed by atoms with Crippen molar-refractivity contribution in [3.63, 3.8) is 0 Å². The highest BCUT2D eigenvalue weighted by Crippen LogP contribution is 2.44. The number of pyridine rings is 1. The first-order chi connectivity index (χ1) is 19.7. The Morgan fingerprint density at radius 2 is 1.90 bits per heavy atom. The number of phenolic OH excluding ortho intramolecular Hbond substituents is 1. The predicted octanol–water partition coefficient (Wildman–Crippen LogP) is 4.41. The Kier molecular flexibility index (Phi) is 10.1. The van der Waals surface area contributed by atoms with Gasteiger partial charge < -0.3 is 24.7 Å². The van der Waals surface area contributed by atoms with Crippen LogP contribution in [0.1, 0.15) is 49.6 Å². The lowest BCUT2D eigenvalue weighted by atomic mass is 10.1. The van der Waals surface area contributed by atoms with Gasteiger partial charge in [0.05, 0.1) is 24.1 Å². The number of unbranched alkanes of at least 4 members (excludes halogenated alkanes) is 1. The van der Waals surface area contributed by atoms with Gasteiger partial charge in [-0.15, -0.1) is 0 Å². The van der Waals surface area contributed by atoms with Crippen molar-refractivity contribution in [1.82, 2.24) is 14.5 Å². The molecule has 4 rings (SSSR count). The van der Waals surface area contributed by atoms with Crippen LogP contribution in [-0.2, 0) is 33.5 Å². The molecule has 218 valence electrons. The number of benzene rings is 2. The highest BCUT2D eigenvalue weighted by atomic mass is 31.2. The molecule has 2 aromatic carbocycles. The summed E-state index contributed by atoms with van der Waals surface area (Å²) in [5.74, 6) is 0.370. The quantitative estimate of drug-likeness (QED) is 0.0677. The first-order valence-corrected chi connectivity index (χ1v) is 15.0. The summed E-state index contributed by atoms with van der Waals surface area (Å²) < 4.78 is 24.1. The SMILES string of the molecule is CCCCc1nc2c(N)nc3cc(CCCOCCCN=C=O)ccc3c2n1Cc1cccc(O)c1OP(=O)(O)O. The molecular formula is C28H34N5O7P. The lowest BCUT2D eigenvalue weighted by Gasteiger charge is -2.16. The zero-order valence-electron chi connectivity index (χ0n) is 22.8. The van der Waals surface area contributed by atoms with Crippen LogP contribution in [0.25, 0.3) is 21.9 Å². The molecule has 0 aliphatic heterocycles. The van der Waals surface area contributed by atoms with E-state index in [0.29, 0.717) is 49.2 Å². The molecule has 0 saturated heterocycles. The summed E-state index contributed by atoms with van der Waals surface area (Å²) in [7, 11) is -4.92. The number of isocyanates is 1. The third-order valence-electron chi connectivity index (χ3n) is 6.59. The maximum Gasteiger partial charge on any atom is 0.524 e. The van der Waals surface area contributed by atoms with E-state index in [1.807, 2.05) is 22.8 Å². The second-order valence-electron chi connectivity index (χ2n) is 9.65. The van der Waals surface area contributed by atoms with Crippen LogP contribution < -0.4 is 10.3 Å². The van der Waals surface area contributed by atoms with Crippen LogP contribution in [-0.4, -0.2) is 55.3 Å². The van der Waals surface area contributed by atoms with Gasteiger partial charge in [-0.05, 0) is 43.4 Å². The van der Waals surface area contributed by atoms with Gasteiger partial charge >= 0.3 is 7.82 Å². The third-order valence-corrected chi connectivity index (χ3v) is 7.01. The molecule has 0 atom stereocenters. The van der Waals surface area contributed by atoms with Crippen molar-refractivity contribution in [2.24, 2.45) is 4.99 Å². The van der Waals surface area contributed by atoms with E-state index in [4.69, 9.17) is 20.0 Å². The number of imidazole rings is 1. The molecule has 0 amide bonds. The van der Waals surface area contributed by atoms with Gasteiger partial charge in [-0.3, -0.25) is 9.79 Å². The molecular weight excluding hydrogens is 549 g/mol. The molecule has 0 radical (unpaired) electrons. The minimum Gasteiger partial charge on any atom is -0.504 e. The standard InChI is InChI=1S/C28H34N5O7P/c1-2-3-10-24-32-25-26(33(24)17-20-8-4-9-23(35)27(20)40-41(36,37)38)21-12-11-19(16-22(21)31-28(25)29)7-5-14-39-15-6-13-30-18-34/h4,8-9,11-12,16,35H,2-3,5-7,10,13-15,17H2,1H3,(H2,29,31)(H2,36,37,38). The van der Waals surface area contributed by atoms with Crippen LogP contribution in [0.3, 0.4) is 0 Å². The summed E-state index contributed by atoms with van der Waals surface area (Å²) in [6.07, 6.45) is 6.23. The number of carbonyl (C=O) groups excluding carboxylic acids is 1. The van der Waals surface area contributed by atoms with Gasteiger partial charge in [0, 0.05) is 30.6 Å². The van der Waals surface area contributed by atoms with E-state index in [1.165, 1.54) is 12.1 Å². The fraction of sp³-hybridized carbons (Fsp3) is 0.393. The summed E-state index contributed by atoms with van der Waals surface area (Å²) in [4.78, 5) is 41.9.